The van der Waals surface area contributed by atoms with Gasteiger partial charge in [-0.1, -0.05) is 12.2 Å². The first kappa shape index (κ1) is 20.5. The molecule has 2 amide bonds. The van der Waals surface area contributed by atoms with Crippen LogP contribution in [0, 0.1) is 5.82 Å². The van der Waals surface area contributed by atoms with Crippen molar-refractivity contribution in [2.24, 2.45) is 0 Å². The van der Waals surface area contributed by atoms with E-state index in [1.807, 2.05) is 0 Å². The molecule has 2 heterocycles. The molecule has 1 aliphatic rings. The number of nitrogens with one attached hydrogen (secondary N) is 3. The summed E-state index contributed by atoms with van der Waals surface area (Å²) in [6.07, 6.45) is 4.13. The van der Waals surface area contributed by atoms with Crippen LogP contribution in [0.4, 0.5) is 4.39 Å². The smallest absolute Gasteiger partial charge is 0.267 e. The molecule has 0 spiro atoms. The predicted octanol–water partition coefficient (Wildman–Crippen LogP) is 2.05. The van der Waals surface area contributed by atoms with E-state index in [-0.39, 0.29) is 24.5 Å². The van der Waals surface area contributed by atoms with Gasteiger partial charge in [0, 0.05) is 22.9 Å². The summed E-state index contributed by atoms with van der Waals surface area (Å²) in [5.41, 5.74) is 0.735. The van der Waals surface area contributed by atoms with Gasteiger partial charge in [0.25, 0.3) is 5.91 Å². The van der Waals surface area contributed by atoms with Crippen LogP contribution in [0.1, 0.15) is 23.3 Å². The Bertz CT molecular complexity index is 1010. The normalized spacial score (nSPS) is 18.6. The maximum absolute atomic E-state index is 13.8. The van der Waals surface area contributed by atoms with Crippen LogP contribution in [0.3, 0.4) is 0 Å². The van der Waals surface area contributed by atoms with Crippen LogP contribution in [-0.4, -0.2) is 49.3 Å². The number of aromatic amines is 1. The standard InChI is InChI=1S/C18H19BrFN3O4S/c19-12-5-6-13(20)11-10-14(23-16(11)12)17(24)21-7-1-2-8-22-18(25)15-4-3-9-28(15,26)27/h1-2,5-6,10,15,23H,3-4,7-9H2,(H,21,24)(H,22,25)/b2-1-. The number of sulfone groups is 1. The second-order valence-electron chi connectivity index (χ2n) is 6.43. The summed E-state index contributed by atoms with van der Waals surface area (Å²) in [7, 11) is -3.32. The molecular formula is C18H19BrFN3O4S. The lowest BCUT2D eigenvalue weighted by atomic mass is 10.2. The highest BCUT2D eigenvalue weighted by Crippen LogP contribution is 2.26. The highest BCUT2D eigenvalue weighted by molar-refractivity contribution is 9.10. The maximum atomic E-state index is 13.8. The van der Waals surface area contributed by atoms with Crippen LogP contribution in [-0.2, 0) is 14.6 Å². The van der Waals surface area contributed by atoms with Gasteiger partial charge in [-0.2, -0.15) is 0 Å². The molecule has 0 radical (unpaired) electrons. The molecule has 1 fully saturated rings. The molecule has 1 atom stereocenters. The van der Waals surface area contributed by atoms with Crippen molar-refractivity contribution in [2.45, 2.75) is 18.1 Å². The Balaban J connectivity index is 1.47. The monoisotopic (exact) mass is 471 g/mol. The van der Waals surface area contributed by atoms with E-state index >= 15 is 0 Å². The molecule has 3 N–H and O–H groups in total. The number of rotatable bonds is 6. The van der Waals surface area contributed by atoms with Crippen molar-refractivity contribution in [2.75, 3.05) is 18.8 Å². The third-order valence-corrected chi connectivity index (χ3v) is 7.33. The number of benzene rings is 1. The van der Waals surface area contributed by atoms with Crippen molar-refractivity contribution in [3.63, 3.8) is 0 Å². The summed E-state index contributed by atoms with van der Waals surface area (Å²) in [5.74, 6) is -1.25. The van der Waals surface area contributed by atoms with Gasteiger partial charge in [0.1, 0.15) is 16.8 Å². The first-order valence-electron chi connectivity index (χ1n) is 8.69. The van der Waals surface area contributed by atoms with Gasteiger partial charge in [-0.05, 0) is 47.0 Å². The lowest BCUT2D eigenvalue weighted by Gasteiger charge is -2.08. The fraction of sp³-hybridized carbons (Fsp3) is 0.333. The Hall–Kier alpha value is -2.20. The number of H-pyrrole nitrogens is 1. The molecule has 1 saturated heterocycles. The van der Waals surface area contributed by atoms with Crippen LogP contribution in [0.5, 0.6) is 0 Å². The van der Waals surface area contributed by atoms with Crippen molar-refractivity contribution in [3.8, 4) is 0 Å². The fourth-order valence-electron chi connectivity index (χ4n) is 3.05. The summed E-state index contributed by atoms with van der Waals surface area (Å²) in [5, 5.41) is 4.57. The third kappa shape index (κ3) is 4.44. The molecule has 0 aliphatic carbocycles. The molecule has 7 nitrogen and oxygen atoms in total. The highest BCUT2D eigenvalue weighted by atomic mass is 79.9. The van der Waals surface area contributed by atoms with Gasteiger partial charge < -0.3 is 15.6 Å². The zero-order chi connectivity index (χ0) is 20.3. The molecule has 1 aliphatic heterocycles. The van der Waals surface area contributed by atoms with Crippen molar-refractivity contribution in [1.29, 1.82) is 0 Å². The van der Waals surface area contributed by atoms with Crippen molar-refractivity contribution < 1.29 is 22.4 Å². The molecule has 2 aromatic rings. The number of carbonyl (C=O) groups is 2. The van der Waals surface area contributed by atoms with E-state index in [1.54, 1.807) is 18.2 Å². The first-order valence-corrected chi connectivity index (χ1v) is 11.2. The van der Waals surface area contributed by atoms with Crippen LogP contribution in [0.25, 0.3) is 10.9 Å². The lowest BCUT2D eigenvalue weighted by molar-refractivity contribution is -0.120. The molecular weight excluding hydrogens is 453 g/mol. The topological polar surface area (TPSA) is 108 Å². The average molecular weight is 472 g/mol. The minimum atomic E-state index is -3.32. The van der Waals surface area contributed by atoms with E-state index in [0.29, 0.717) is 28.2 Å². The summed E-state index contributed by atoms with van der Waals surface area (Å²) < 4.78 is 37.9. The van der Waals surface area contributed by atoms with E-state index in [1.165, 1.54) is 12.1 Å². The lowest BCUT2D eigenvalue weighted by Crippen LogP contribution is -2.37. The minimum absolute atomic E-state index is 0.0567. The second kappa shape index (κ2) is 8.44. The molecule has 0 saturated carbocycles. The number of halogens is 2. The number of carbonyl (C=O) groups excluding carboxylic acids is 2. The molecule has 150 valence electrons. The van der Waals surface area contributed by atoms with Gasteiger partial charge in [0.15, 0.2) is 9.84 Å². The number of amides is 2. The summed E-state index contributed by atoms with van der Waals surface area (Å²) >= 11 is 3.30. The summed E-state index contributed by atoms with van der Waals surface area (Å²) in [6.45, 7) is 0.376. The molecule has 0 bridgehead atoms. The Morgan fingerprint density at radius 3 is 2.61 bits per heavy atom. The molecule has 28 heavy (non-hydrogen) atoms. The fourth-order valence-corrected chi connectivity index (χ4v) is 5.28. The second-order valence-corrected chi connectivity index (χ2v) is 9.58. The molecule has 1 aromatic carbocycles. The number of fused-ring (bicyclic) bond motifs is 1. The first-order chi connectivity index (χ1) is 13.3. The van der Waals surface area contributed by atoms with Crippen LogP contribution < -0.4 is 10.6 Å². The molecule has 10 heteroatoms. The third-order valence-electron chi connectivity index (χ3n) is 4.50. The summed E-state index contributed by atoms with van der Waals surface area (Å²) in [6, 6.07) is 4.32. The van der Waals surface area contributed by atoms with Gasteiger partial charge in [-0.25, -0.2) is 12.8 Å². The molecule has 1 unspecified atom stereocenters. The van der Waals surface area contributed by atoms with Crippen molar-refractivity contribution in [1.82, 2.24) is 15.6 Å². The predicted molar refractivity (Wildman–Crippen MR) is 107 cm³/mol. The quantitative estimate of drug-likeness (QED) is 0.560. The van der Waals surface area contributed by atoms with Gasteiger partial charge >= 0.3 is 0 Å². The van der Waals surface area contributed by atoms with E-state index in [0.717, 1.165) is 0 Å². The Morgan fingerprint density at radius 2 is 1.96 bits per heavy atom. The van der Waals surface area contributed by atoms with Crippen LogP contribution >= 0.6 is 15.9 Å². The van der Waals surface area contributed by atoms with Crippen molar-refractivity contribution in [3.05, 3.63) is 46.3 Å². The van der Waals surface area contributed by atoms with Gasteiger partial charge in [-0.3, -0.25) is 9.59 Å². The van der Waals surface area contributed by atoms with Gasteiger partial charge in [0.2, 0.25) is 5.91 Å². The van der Waals surface area contributed by atoms with Gasteiger partial charge in [-0.15, -0.1) is 0 Å². The van der Waals surface area contributed by atoms with Crippen LogP contribution in [0.2, 0.25) is 0 Å². The van der Waals surface area contributed by atoms with Gasteiger partial charge in [0.05, 0.1) is 11.3 Å². The summed E-state index contributed by atoms with van der Waals surface area (Å²) in [4.78, 5) is 26.9. The van der Waals surface area contributed by atoms with E-state index in [4.69, 9.17) is 0 Å². The van der Waals surface area contributed by atoms with E-state index in [2.05, 4.69) is 31.5 Å². The number of aromatic nitrogens is 1. The van der Waals surface area contributed by atoms with Crippen molar-refractivity contribution >= 4 is 48.5 Å². The Morgan fingerprint density at radius 1 is 1.25 bits per heavy atom. The van der Waals surface area contributed by atoms with E-state index in [9.17, 15) is 22.4 Å². The molecule has 3 rings (SSSR count). The van der Waals surface area contributed by atoms with E-state index < -0.39 is 32.7 Å². The zero-order valence-corrected chi connectivity index (χ0v) is 17.2. The minimum Gasteiger partial charge on any atom is -0.352 e. The number of hydrogen-bond donors (Lipinski definition) is 3. The largest absolute Gasteiger partial charge is 0.352 e. The maximum Gasteiger partial charge on any atom is 0.267 e. The number of hydrogen-bond acceptors (Lipinski definition) is 4. The zero-order valence-electron chi connectivity index (χ0n) is 14.8. The Kier molecular flexibility index (Phi) is 6.19. The Labute approximate surface area is 169 Å². The average Bonchev–Trinajstić information content (AvgIpc) is 3.25. The molecule has 1 aromatic heterocycles. The SMILES string of the molecule is O=C(NC/C=C\CNC(=O)C1CCCS1(=O)=O)c1cc2c(F)ccc(Br)c2[nH]1. The van der Waals surface area contributed by atoms with Crippen LogP contribution in [0.15, 0.2) is 34.8 Å². The highest BCUT2D eigenvalue weighted by Gasteiger charge is 2.36.